The van der Waals surface area contributed by atoms with Crippen LogP contribution in [-0.2, 0) is 9.47 Å². The van der Waals surface area contributed by atoms with Gasteiger partial charge in [0, 0.05) is 5.41 Å². The lowest BCUT2D eigenvalue weighted by atomic mass is 9.52. The Hall–Kier alpha value is -0.120. The first kappa shape index (κ1) is 11.7. The van der Waals surface area contributed by atoms with E-state index in [1.807, 2.05) is 0 Å². The topological polar surface area (TPSA) is 38.7 Å². The number of ether oxygens (including phenoxy) is 2. The van der Waals surface area contributed by atoms with Crippen molar-refractivity contribution < 1.29 is 14.6 Å². The molecule has 5 unspecified atom stereocenters. The molecule has 0 amide bonds. The van der Waals surface area contributed by atoms with Crippen molar-refractivity contribution >= 4 is 0 Å². The van der Waals surface area contributed by atoms with Gasteiger partial charge in [0.2, 0.25) is 0 Å². The molecule has 0 aliphatic heterocycles. The van der Waals surface area contributed by atoms with E-state index in [1.165, 1.54) is 38.5 Å². The third kappa shape index (κ3) is 1.36. The molecule has 0 aromatic rings. The molecule has 0 saturated heterocycles. The summed E-state index contributed by atoms with van der Waals surface area (Å²) in [5.74, 6) is 2.95. The van der Waals surface area contributed by atoms with Gasteiger partial charge in [-0.15, -0.1) is 0 Å². The third-order valence-electron chi connectivity index (χ3n) is 6.32. The largest absolute Gasteiger partial charge is 0.394 e. The molecule has 4 aliphatic rings. The van der Waals surface area contributed by atoms with Crippen LogP contribution in [0.1, 0.15) is 38.5 Å². The molecule has 4 aliphatic carbocycles. The first-order valence-electron chi connectivity index (χ1n) is 7.61. The summed E-state index contributed by atoms with van der Waals surface area (Å²) in [6.07, 6.45) is 8.50. The Bertz CT molecular complexity index is 339. The zero-order valence-corrected chi connectivity index (χ0v) is 11.1. The summed E-state index contributed by atoms with van der Waals surface area (Å²) in [7, 11) is 0. The van der Waals surface area contributed by atoms with E-state index in [-0.39, 0.29) is 12.2 Å². The fourth-order valence-corrected chi connectivity index (χ4v) is 6.02. The van der Waals surface area contributed by atoms with Crippen molar-refractivity contribution in [2.45, 2.75) is 44.1 Å². The SMILES string of the molecule is OCCOCCOC12CC3CC4CC(C1)C2(C4)C3. The van der Waals surface area contributed by atoms with E-state index in [1.54, 1.807) is 0 Å². The van der Waals surface area contributed by atoms with E-state index in [0.717, 1.165) is 17.8 Å². The van der Waals surface area contributed by atoms with Crippen LogP contribution in [0.4, 0.5) is 0 Å². The molecule has 0 heterocycles. The maximum atomic E-state index is 8.68. The number of aliphatic hydroxyl groups excluding tert-OH is 1. The van der Waals surface area contributed by atoms with Crippen LogP contribution >= 0.6 is 0 Å². The van der Waals surface area contributed by atoms with Crippen LogP contribution in [0.3, 0.4) is 0 Å². The van der Waals surface area contributed by atoms with Crippen molar-refractivity contribution in [1.29, 1.82) is 0 Å². The fraction of sp³-hybridized carbons (Fsp3) is 1.00. The number of fused-ring (bicyclic) bond motifs is 2. The van der Waals surface area contributed by atoms with Gasteiger partial charge in [-0.05, 0) is 56.3 Å². The van der Waals surface area contributed by atoms with Crippen LogP contribution in [0.5, 0.6) is 0 Å². The van der Waals surface area contributed by atoms with Crippen LogP contribution in [0.15, 0.2) is 0 Å². The Kier molecular flexibility index (Phi) is 2.56. The van der Waals surface area contributed by atoms with Crippen molar-refractivity contribution in [3.63, 3.8) is 0 Å². The highest BCUT2D eigenvalue weighted by molar-refractivity contribution is 5.25. The minimum atomic E-state index is 0.112. The smallest absolute Gasteiger partial charge is 0.0748 e. The maximum Gasteiger partial charge on any atom is 0.0748 e. The fourth-order valence-electron chi connectivity index (χ4n) is 6.02. The lowest BCUT2D eigenvalue weighted by Crippen LogP contribution is -2.59. The third-order valence-corrected chi connectivity index (χ3v) is 6.32. The minimum absolute atomic E-state index is 0.112. The highest BCUT2D eigenvalue weighted by Crippen LogP contribution is 2.78. The summed E-state index contributed by atoms with van der Waals surface area (Å²) in [6, 6.07) is 0. The first-order chi connectivity index (χ1) is 8.78. The summed E-state index contributed by atoms with van der Waals surface area (Å²) in [5, 5.41) is 8.68. The molecule has 4 fully saturated rings. The lowest BCUT2D eigenvalue weighted by Gasteiger charge is -2.58. The molecule has 0 aromatic heterocycles. The van der Waals surface area contributed by atoms with Gasteiger partial charge in [0.05, 0.1) is 32.0 Å². The molecule has 4 saturated carbocycles. The van der Waals surface area contributed by atoms with Crippen molar-refractivity contribution in [2.75, 3.05) is 26.4 Å². The average molecular weight is 252 g/mol. The summed E-state index contributed by atoms with van der Waals surface area (Å²) < 4.78 is 11.6. The van der Waals surface area contributed by atoms with E-state index in [4.69, 9.17) is 14.6 Å². The van der Waals surface area contributed by atoms with Gasteiger partial charge in [0.1, 0.15) is 0 Å². The Balaban J connectivity index is 1.40. The molecule has 1 N–H and O–H groups in total. The molecule has 102 valence electrons. The molecule has 3 bridgehead atoms. The Morgan fingerprint density at radius 1 is 0.944 bits per heavy atom. The van der Waals surface area contributed by atoms with E-state index < -0.39 is 0 Å². The van der Waals surface area contributed by atoms with Crippen molar-refractivity contribution in [3.8, 4) is 0 Å². The van der Waals surface area contributed by atoms with Gasteiger partial charge in [-0.2, -0.15) is 0 Å². The van der Waals surface area contributed by atoms with Gasteiger partial charge in [-0.3, -0.25) is 0 Å². The van der Waals surface area contributed by atoms with E-state index in [2.05, 4.69) is 0 Å². The van der Waals surface area contributed by atoms with Gasteiger partial charge in [-0.25, -0.2) is 0 Å². The molecule has 0 aromatic carbocycles. The Morgan fingerprint density at radius 2 is 1.83 bits per heavy atom. The van der Waals surface area contributed by atoms with Crippen molar-refractivity contribution in [2.24, 2.45) is 23.2 Å². The van der Waals surface area contributed by atoms with Gasteiger partial charge < -0.3 is 14.6 Å². The number of rotatable bonds is 6. The molecule has 3 heteroatoms. The van der Waals surface area contributed by atoms with Gasteiger partial charge >= 0.3 is 0 Å². The highest BCUT2D eigenvalue weighted by atomic mass is 16.5. The normalized spacial score (nSPS) is 51.5. The molecular weight excluding hydrogens is 228 g/mol. The summed E-state index contributed by atoms with van der Waals surface area (Å²) in [6.45, 7) is 1.90. The standard InChI is InChI=1S/C15H24O3/c16-1-2-17-3-4-18-15-9-12-5-11-6-13(10-15)14(15,7-11)8-12/h11-13,16H,1-10H2. The Morgan fingerprint density at radius 3 is 2.72 bits per heavy atom. The van der Waals surface area contributed by atoms with E-state index in [0.29, 0.717) is 25.2 Å². The minimum Gasteiger partial charge on any atom is -0.394 e. The van der Waals surface area contributed by atoms with Crippen LogP contribution in [0.2, 0.25) is 0 Å². The summed E-state index contributed by atoms with van der Waals surface area (Å²) in [5.41, 5.74) is 0.813. The van der Waals surface area contributed by atoms with Crippen LogP contribution < -0.4 is 0 Å². The number of aliphatic hydroxyl groups is 1. The molecular formula is C15H24O3. The highest BCUT2D eigenvalue weighted by Gasteiger charge is 2.75. The molecule has 5 atom stereocenters. The molecule has 3 nitrogen and oxygen atoms in total. The second-order valence-corrected chi connectivity index (χ2v) is 7.05. The number of hydrogen-bond donors (Lipinski definition) is 1. The van der Waals surface area contributed by atoms with Crippen LogP contribution in [-0.4, -0.2) is 37.1 Å². The maximum absolute atomic E-state index is 8.68. The summed E-state index contributed by atoms with van der Waals surface area (Å²) in [4.78, 5) is 0. The van der Waals surface area contributed by atoms with Gasteiger partial charge in [0.15, 0.2) is 0 Å². The monoisotopic (exact) mass is 252 g/mol. The average Bonchev–Trinajstić information content (AvgIpc) is 2.66. The number of hydrogen-bond acceptors (Lipinski definition) is 3. The van der Waals surface area contributed by atoms with E-state index >= 15 is 0 Å². The summed E-state index contributed by atoms with van der Waals surface area (Å²) >= 11 is 0. The van der Waals surface area contributed by atoms with E-state index in [9.17, 15) is 0 Å². The molecule has 4 rings (SSSR count). The molecule has 0 radical (unpaired) electrons. The zero-order valence-electron chi connectivity index (χ0n) is 11.1. The second kappa shape index (κ2) is 3.94. The molecule has 1 spiro atoms. The van der Waals surface area contributed by atoms with Crippen LogP contribution in [0, 0.1) is 23.2 Å². The van der Waals surface area contributed by atoms with Crippen LogP contribution in [0.25, 0.3) is 0 Å². The van der Waals surface area contributed by atoms with Crippen molar-refractivity contribution in [1.82, 2.24) is 0 Å². The van der Waals surface area contributed by atoms with Gasteiger partial charge in [-0.1, -0.05) is 0 Å². The quantitative estimate of drug-likeness (QED) is 0.735. The zero-order chi connectivity index (χ0) is 12.2. The Labute approximate surface area is 109 Å². The predicted molar refractivity (Wildman–Crippen MR) is 67.2 cm³/mol. The van der Waals surface area contributed by atoms with Gasteiger partial charge in [0.25, 0.3) is 0 Å². The molecule has 18 heavy (non-hydrogen) atoms. The first-order valence-corrected chi connectivity index (χ1v) is 7.61. The predicted octanol–water partition coefficient (Wildman–Crippen LogP) is 1.98. The van der Waals surface area contributed by atoms with Crippen molar-refractivity contribution in [3.05, 3.63) is 0 Å². The second-order valence-electron chi connectivity index (χ2n) is 7.05. The lowest BCUT2D eigenvalue weighted by molar-refractivity contribution is -0.217.